The maximum absolute atomic E-state index is 11.4. The van der Waals surface area contributed by atoms with Crippen molar-refractivity contribution in [3.05, 3.63) is 29.8 Å². The van der Waals surface area contributed by atoms with Crippen molar-refractivity contribution in [1.82, 2.24) is 0 Å². The lowest BCUT2D eigenvalue weighted by atomic mass is 10.2. The third-order valence-corrected chi connectivity index (χ3v) is 2.84. The van der Waals surface area contributed by atoms with Crippen molar-refractivity contribution in [3.8, 4) is 5.75 Å². The van der Waals surface area contributed by atoms with Crippen LogP contribution in [-0.2, 0) is 20.2 Å². The predicted octanol–water partition coefficient (Wildman–Crippen LogP) is 3.11. The van der Waals surface area contributed by atoms with Crippen molar-refractivity contribution in [1.29, 1.82) is 0 Å². The molecule has 1 aromatic carbocycles. The van der Waals surface area contributed by atoms with E-state index in [0.29, 0.717) is 0 Å². The van der Waals surface area contributed by atoms with Crippen LogP contribution in [0.25, 0.3) is 0 Å². The van der Waals surface area contributed by atoms with Crippen molar-refractivity contribution >= 4 is 8.25 Å². The zero-order chi connectivity index (χ0) is 12.2. The predicted molar refractivity (Wildman–Crippen MR) is 62.7 cm³/mol. The van der Waals surface area contributed by atoms with Gasteiger partial charge in [-0.1, -0.05) is 12.1 Å². The monoisotopic (exact) mass is 244 g/mol. The van der Waals surface area contributed by atoms with Crippen LogP contribution in [0, 0.1) is 0 Å². The van der Waals surface area contributed by atoms with Gasteiger partial charge in [0.1, 0.15) is 5.75 Å². The fourth-order valence-corrected chi connectivity index (χ4v) is 1.86. The van der Waals surface area contributed by atoms with Gasteiger partial charge in [0.2, 0.25) is 0 Å². The Hall–Kier alpha value is -0.830. The first-order valence-corrected chi connectivity index (χ1v) is 6.23. The fraction of sp³-hybridized carbons (Fsp3) is 0.455. The normalized spacial score (nSPS) is 13.7. The topological polar surface area (TPSA) is 55.8 Å². The van der Waals surface area contributed by atoms with Gasteiger partial charge in [0.15, 0.2) is 0 Å². The molecule has 0 aromatic heterocycles. The van der Waals surface area contributed by atoms with Crippen LogP contribution in [0.4, 0.5) is 0 Å². The molecule has 0 bridgehead atoms. The molecule has 0 aliphatic heterocycles. The van der Waals surface area contributed by atoms with Crippen molar-refractivity contribution in [2.45, 2.75) is 33.0 Å². The first-order chi connectivity index (χ1) is 7.37. The maximum atomic E-state index is 11.4. The summed E-state index contributed by atoms with van der Waals surface area (Å²) in [6.45, 7) is 5.67. The van der Waals surface area contributed by atoms with Crippen LogP contribution in [0.1, 0.15) is 26.3 Å². The van der Waals surface area contributed by atoms with Gasteiger partial charge in [0.25, 0.3) is 0 Å². The Bertz CT molecular complexity index is 353. The Labute approximate surface area is 96.2 Å². The van der Waals surface area contributed by atoms with Crippen LogP contribution in [0.5, 0.6) is 5.75 Å². The standard InChI is InChI=1S/C11H17O4P/c1-11(2,3)15-16(13)14-8-9-4-6-10(12)7-5-9/h4-7,12,16H,8H2,1-3H3. The summed E-state index contributed by atoms with van der Waals surface area (Å²) in [7, 11) is -2.47. The molecule has 1 N–H and O–H groups in total. The third-order valence-electron chi connectivity index (χ3n) is 1.68. The molecule has 0 spiro atoms. The van der Waals surface area contributed by atoms with Crippen LogP contribution in [0.3, 0.4) is 0 Å². The highest BCUT2D eigenvalue weighted by atomic mass is 31.1. The van der Waals surface area contributed by atoms with E-state index in [9.17, 15) is 4.57 Å². The van der Waals surface area contributed by atoms with Crippen molar-refractivity contribution in [2.24, 2.45) is 0 Å². The number of rotatable bonds is 4. The van der Waals surface area contributed by atoms with Gasteiger partial charge in [-0.15, -0.1) is 0 Å². The molecular weight excluding hydrogens is 227 g/mol. The lowest BCUT2D eigenvalue weighted by Crippen LogP contribution is -2.14. The fourth-order valence-electron chi connectivity index (χ4n) is 1.01. The minimum Gasteiger partial charge on any atom is -0.508 e. The Morgan fingerprint density at radius 1 is 1.25 bits per heavy atom. The molecule has 5 heteroatoms. The second kappa shape index (κ2) is 5.48. The molecule has 0 saturated carbocycles. The first-order valence-electron chi connectivity index (χ1n) is 5.00. The molecule has 0 radical (unpaired) electrons. The molecule has 0 saturated heterocycles. The molecule has 16 heavy (non-hydrogen) atoms. The largest absolute Gasteiger partial charge is 0.508 e. The number of hydrogen-bond acceptors (Lipinski definition) is 4. The Kier molecular flexibility index (Phi) is 4.54. The lowest BCUT2D eigenvalue weighted by molar-refractivity contribution is 0.106. The van der Waals surface area contributed by atoms with E-state index >= 15 is 0 Å². The van der Waals surface area contributed by atoms with Gasteiger partial charge in [0.05, 0.1) is 12.2 Å². The van der Waals surface area contributed by atoms with Crippen LogP contribution in [0.15, 0.2) is 24.3 Å². The molecule has 1 aromatic rings. The van der Waals surface area contributed by atoms with Gasteiger partial charge in [-0.2, -0.15) is 0 Å². The first kappa shape index (κ1) is 13.2. The number of aromatic hydroxyl groups is 1. The van der Waals surface area contributed by atoms with E-state index < -0.39 is 13.9 Å². The van der Waals surface area contributed by atoms with Gasteiger partial charge in [0, 0.05) is 0 Å². The zero-order valence-corrected chi connectivity index (χ0v) is 10.7. The minimum atomic E-state index is -2.47. The quantitative estimate of drug-likeness (QED) is 0.827. The van der Waals surface area contributed by atoms with E-state index in [1.807, 2.05) is 20.8 Å². The molecule has 1 rings (SSSR count). The van der Waals surface area contributed by atoms with Crippen molar-refractivity contribution in [3.63, 3.8) is 0 Å². The molecule has 1 unspecified atom stereocenters. The summed E-state index contributed by atoms with van der Waals surface area (Å²) >= 11 is 0. The number of phenols is 1. The van der Waals surface area contributed by atoms with Crippen LogP contribution in [-0.4, -0.2) is 10.7 Å². The van der Waals surface area contributed by atoms with Crippen LogP contribution >= 0.6 is 8.25 Å². The van der Waals surface area contributed by atoms with Crippen LogP contribution < -0.4 is 0 Å². The van der Waals surface area contributed by atoms with E-state index in [1.54, 1.807) is 24.3 Å². The van der Waals surface area contributed by atoms with E-state index in [0.717, 1.165) is 5.56 Å². The highest BCUT2D eigenvalue weighted by molar-refractivity contribution is 7.33. The summed E-state index contributed by atoms with van der Waals surface area (Å²) in [5.41, 5.74) is 0.374. The SMILES string of the molecule is CC(C)(C)O[PH](=O)OCc1ccc(O)cc1. The van der Waals surface area contributed by atoms with E-state index in [4.69, 9.17) is 14.2 Å². The van der Waals surface area contributed by atoms with Gasteiger partial charge in [-0.3, -0.25) is 4.57 Å². The zero-order valence-electron chi connectivity index (χ0n) is 9.69. The second-order valence-corrected chi connectivity index (χ2v) is 5.41. The highest BCUT2D eigenvalue weighted by Gasteiger charge is 2.14. The Balaban J connectivity index is 2.40. The Morgan fingerprint density at radius 2 is 1.81 bits per heavy atom. The molecule has 0 fully saturated rings. The van der Waals surface area contributed by atoms with Gasteiger partial charge in [-0.05, 0) is 38.5 Å². The van der Waals surface area contributed by atoms with Crippen LogP contribution in [0.2, 0.25) is 0 Å². The van der Waals surface area contributed by atoms with Crippen molar-refractivity contribution in [2.75, 3.05) is 0 Å². The third kappa shape index (κ3) is 5.31. The number of hydrogen-bond donors (Lipinski definition) is 1. The Morgan fingerprint density at radius 3 is 2.31 bits per heavy atom. The summed E-state index contributed by atoms with van der Waals surface area (Å²) in [5, 5.41) is 9.07. The van der Waals surface area contributed by atoms with E-state index in [1.165, 1.54) is 0 Å². The van der Waals surface area contributed by atoms with E-state index in [2.05, 4.69) is 0 Å². The lowest BCUT2D eigenvalue weighted by Gasteiger charge is -2.18. The summed E-state index contributed by atoms with van der Waals surface area (Å²) in [4.78, 5) is 0. The smallest absolute Gasteiger partial charge is 0.319 e. The molecule has 1 atom stereocenters. The molecule has 0 amide bonds. The van der Waals surface area contributed by atoms with Gasteiger partial charge >= 0.3 is 8.25 Å². The van der Waals surface area contributed by atoms with E-state index in [-0.39, 0.29) is 12.4 Å². The summed E-state index contributed by atoms with van der Waals surface area (Å²) < 4.78 is 21.6. The summed E-state index contributed by atoms with van der Waals surface area (Å²) in [6.07, 6.45) is 0. The van der Waals surface area contributed by atoms with Gasteiger partial charge < -0.3 is 14.2 Å². The molecule has 4 nitrogen and oxygen atoms in total. The molecule has 90 valence electrons. The summed E-state index contributed by atoms with van der Waals surface area (Å²) in [5.74, 6) is 0.197. The highest BCUT2D eigenvalue weighted by Crippen LogP contribution is 2.32. The maximum Gasteiger partial charge on any atom is 0.319 e. The molecule has 0 aliphatic carbocycles. The molecule has 0 aliphatic rings. The number of phenolic OH excluding ortho intramolecular Hbond substituents is 1. The second-order valence-electron chi connectivity index (χ2n) is 4.42. The molecular formula is C11H17O4P. The number of benzene rings is 1. The molecule has 0 heterocycles. The average molecular weight is 244 g/mol. The summed E-state index contributed by atoms with van der Waals surface area (Å²) in [6, 6.07) is 6.53. The van der Waals surface area contributed by atoms with Crippen molar-refractivity contribution < 1.29 is 18.7 Å². The minimum absolute atomic E-state index is 0.197. The average Bonchev–Trinajstić information content (AvgIpc) is 2.14. The van der Waals surface area contributed by atoms with Gasteiger partial charge in [-0.25, -0.2) is 0 Å².